The van der Waals surface area contributed by atoms with E-state index in [9.17, 15) is 4.79 Å². The lowest BCUT2D eigenvalue weighted by molar-refractivity contribution is 0.0934. The maximum atomic E-state index is 12.0. The first-order valence-electron chi connectivity index (χ1n) is 8.30. The van der Waals surface area contributed by atoms with E-state index >= 15 is 0 Å². The number of likely N-dealkylation sites (tertiary alicyclic amines) is 1. The van der Waals surface area contributed by atoms with E-state index < -0.39 is 0 Å². The summed E-state index contributed by atoms with van der Waals surface area (Å²) in [7, 11) is 0. The minimum absolute atomic E-state index is 0.0568. The molecule has 6 heteroatoms. The zero-order valence-electron chi connectivity index (χ0n) is 13.6. The molecule has 0 radical (unpaired) electrons. The Balaban J connectivity index is 1.47. The average Bonchev–Trinajstić information content (AvgIpc) is 3.24. The summed E-state index contributed by atoms with van der Waals surface area (Å²) in [6.45, 7) is 6.91. The number of piperidine rings is 1. The van der Waals surface area contributed by atoms with E-state index in [1.807, 2.05) is 28.4 Å². The minimum atomic E-state index is 0.0568. The van der Waals surface area contributed by atoms with Gasteiger partial charge in [-0.3, -0.25) is 14.4 Å². The summed E-state index contributed by atoms with van der Waals surface area (Å²) in [4.78, 5) is 15.3. The van der Waals surface area contributed by atoms with Crippen molar-refractivity contribution < 1.29 is 4.79 Å². The summed E-state index contributed by atoms with van der Waals surface area (Å²) in [5.41, 5.74) is 1.27. The first kappa shape index (κ1) is 16.2. The van der Waals surface area contributed by atoms with Gasteiger partial charge in [0.1, 0.15) is 0 Å². The molecule has 0 aromatic carbocycles. The van der Waals surface area contributed by atoms with E-state index in [-0.39, 0.29) is 5.91 Å². The van der Waals surface area contributed by atoms with Crippen LogP contribution in [0.3, 0.4) is 0 Å². The van der Waals surface area contributed by atoms with Crippen LogP contribution in [0.25, 0.3) is 0 Å². The highest BCUT2D eigenvalue weighted by atomic mass is 32.1. The number of aryl methyl sites for hydroxylation is 1. The number of thiophene rings is 1. The summed E-state index contributed by atoms with van der Waals surface area (Å²) in [6, 6.07) is 3.79. The summed E-state index contributed by atoms with van der Waals surface area (Å²) in [5, 5.41) is 9.36. The molecule has 1 aliphatic heterocycles. The van der Waals surface area contributed by atoms with E-state index in [1.165, 1.54) is 29.7 Å². The van der Waals surface area contributed by atoms with Crippen LogP contribution in [0, 0.1) is 5.92 Å². The number of amides is 1. The van der Waals surface area contributed by atoms with E-state index in [2.05, 4.69) is 28.4 Å². The fourth-order valence-corrected chi connectivity index (χ4v) is 3.75. The van der Waals surface area contributed by atoms with Gasteiger partial charge in [-0.25, -0.2) is 0 Å². The molecule has 2 aromatic rings. The molecule has 0 aliphatic carbocycles. The van der Waals surface area contributed by atoms with Crippen LogP contribution in [0.1, 0.15) is 35.0 Å². The second kappa shape index (κ2) is 7.75. The Morgan fingerprint density at radius 1 is 1.52 bits per heavy atom. The second-order valence-corrected chi connectivity index (χ2v) is 7.08. The van der Waals surface area contributed by atoms with Crippen LogP contribution >= 0.6 is 11.3 Å². The van der Waals surface area contributed by atoms with Gasteiger partial charge in [-0.15, -0.1) is 11.3 Å². The van der Waals surface area contributed by atoms with Gasteiger partial charge in [-0.2, -0.15) is 5.10 Å². The van der Waals surface area contributed by atoms with Crippen molar-refractivity contribution in [3.05, 3.63) is 40.3 Å². The van der Waals surface area contributed by atoms with Crippen molar-refractivity contribution in [1.29, 1.82) is 0 Å². The molecule has 1 aliphatic rings. The summed E-state index contributed by atoms with van der Waals surface area (Å²) in [5.74, 6) is 0.593. The first-order chi connectivity index (χ1) is 11.2. The Morgan fingerprint density at radius 2 is 2.43 bits per heavy atom. The van der Waals surface area contributed by atoms with Crippen LogP contribution in [0.2, 0.25) is 0 Å². The Hall–Kier alpha value is -1.66. The molecule has 0 saturated carbocycles. The van der Waals surface area contributed by atoms with Gasteiger partial charge in [-0.1, -0.05) is 6.07 Å². The predicted molar refractivity (Wildman–Crippen MR) is 92.6 cm³/mol. The molecule has 1 atom stereocenters. The zero-order valence-corrected chi connectivity index (χ0v) is 14.4. The predicted octanol–water partition coefficient (Wildman–Crippen LogP) is 2.61. The molecule has 1 saturated heterocycles. The highest BCUT2D eigenvalue weighted by molar-refractivity contribution is 7.12. The maximum Gasteiger partial charge on any atom is 0.261 e. The number of hydrogen-bond donors (Lipinski definition) is 1. The van der Waals surface area contributed by atoms with Crippen molar-refractivity contribution in [2.24, 2.45) is 5.92 Å². The first-order valence-corrected chi connectivity index (χ1v) is 9.18. The number of nitrogens with zero attached hydrogens (tertiary/aromatic N) is 3. The molecule has 124 valence electrons. The number of nitrogens with one attached hydrogen (secondary N) is 1. The SMILES string of the molecule is CCn1cc(CN2CCC[C@@H](CNC(=O)c3cccs3)C2)cn1. The molecule has 0 spiro atoms. The van der Waals surface area contributed by atoms with Crippen LogP contribution < -0.4 is 5.32 Å². The maximum absolute atomic E-state index is 12.0. The van der Waals surface area contributed by atoms with Gasteiger partial charge in [0.2, 0.25) is 0 Å². The molecule has 0 unspecified atom stereocenters. The van der Waals surface area contributed by atoms with E-state index in [1.54, 1.807) is 0 Å². The highest BCUT2D eigenvalue weighted by Gasteiger charge is 2.21. The molecule has 3 heterocycles. The number of carbonyl (C=O) groups is 1. The van der Waals surface area contributed by atoms with Crippen molar-refractivity contribution in [3.63, 3.8) is 0 Å². The van der Waals surface area contributed by atoms with Crippen molar-refractivity contribution in [1.82, 2.24) is 20.0 Å². The number of hydrogen-bond acceptors (Lipinski definition) is 4. The van der Waals surface area contributed by atoms with Crippen LogP contribution in [0.5, 0.6) is 0 Å². The third-order valence-corrected chi connectivity index (χ3v) is 5.18. The van der Waals surface area contributed by atoms with Gasteiger partial charge in [-0.05, 0) is 43.7 Å². The fraction of sp³-hybridized carbons (Fsp3) is 0.529. The normalized spacial score (nSPS) is 18.9. The van der Waals surface area contributed by atoms with Gasteiger partial charge in [0.15, 0.2) is 0 Å². The number of rotatable bonds is 6. The van der Waals surface area contributed by atoms with Gasteiger partial charge in [0.25, 0.3) is 5.91 Å². The quantitative estimate of drug-likeness (QED) is 0.885. The lowest BCUT2D eigenvalue weighted by Gasteiger charge is -2.32. The Labute approximate surface area is 141 Å². The second-order valence-electron chi connectivity index (χ2n) is 6.13. The van der Waals surface area contributed by atoms with E-state index in [0.717, 1.165) is 37.6 Å². The van der Waals surface area contributed by atoms with Gasteiger partial charge >= 0.3 is 0 Å². The molecule has 5 nitrogen and oxygen atoms in total. The van der Waals surface area contributed by atoms with E-state index in [4.69, 9.17) is 0 Å². The van der Waals surface area contributed by atoms with Gasteiger partial charge in [0, 0.05) is 37.9 Å². The number of aromatic nitrogens is 2. The Morgan fingerprint density at radius 3 is 3.17 bits per heavy atom. The third-order valence-electron chi connectivity index (χ3n) is 4.32. The zero-order chi connectivity index (χ0) is 16.1. The molecular formula is C17H24N4OS. The lowest BCUT2D eigenvalue weighted by atomic mass is 9.97. The smallest absolute Gasteiger partial charge is 0.261 e. The molecule has 2 aromatic heterocycles. The molecule has 3 rings (SSSR count). The highest BCUT2D eigenvalue weighted by Crippen LogP contribution is 2.18. The lowest BCUT2D eigenvalue weighted by Crippen LogP contribution is -2.40. The molecule has 0 bridgehead atoms. The van der Waals surface area contributed by atoms with Crippen LogP contribution in [0.4, 0.5) is 0 Å². The number of carbonyl (C=O) groups excluding carboxylic acids is 1. The van der Waals surface area contributed by atoms with E-state index in [0.29, 0.717) is 5.92 Å². The molecule has 1 N–H and O–H groups in total. The largest absolute Gasteiger partial charge is 0.351 e. The molecule has 1 amide bonds. The third kappa shape index (κ3) is 4.42. The van der Waals surface area contributed by atoms with Crippen molar-refractivity contribution in [2.75, 3.05) is 19.6 Å². The van der Waals surface area contributed by atoms with Crippen molar-refractivity contribution >= 4 is 17.2 Å². The van der Waals surface area contributed by atoms with Gasteiger partial charge < -0.3 is 5.32 Å². The Kier molecular flexibility index (Phi) is 5.46. The molecule has 23 heavy (non-hydrogen) atoms. The Bertz CT molecular complexity index is 622. The van der Waals surface area contributed by atoms with Crippen molar-refractivity contribution in [2.45, 2.75) is 32.9 Å². The van der Waals surface area contributed by atoms with Crippen LogP contribution in [0.15, 0.2) is 29.9 Å². The summed E-state index contributed by atoms with van der Waals surface area (Å²) < 4.78 is 1.97. The fourth-order valence-electron chi connectivity index (χ4n) is 3.11. The van der Waals surface area contributed by atoms with Gasteiger partial charge in [0.05, 0.1) is 11.1 Å². The topological polar surface area (TPSA) is 50.2 Å². The molecule has 1 fully saturated rings. The summed E-state index contributed by atoms with van der Waals surface area (Å²) in [6.07, 6.45) is 6.48. The van der Waals surface area contributed by atoms with Crippen LogP contribution in [-0.4, -0.2) is 40.2 Å². The average molecular weight is 332 g/mol. The molecular weight excluding hydrogens is 308 g/mol. The van der Waals surface area contributed by atoms with Crippen molar-refractivity contribution in [3.8, 4) is 0 Å². The van der Waals surface area contributed by atoms with Crippen LogP contribution in [-0.2, 0) is 13.1 Å². The standard InChI is InChI=1S/C17H24N4OS/c1-2-21-13-15(10-19-21)12-20-7-3-5-14(11-20)9-18-17(22)16-6-4-8-23-16/h4,6,8,10,13-14H,2-3,5,7,9,11-12H2,1H3,(H,18,22)/t14-/m0/s1. The summed E-state index contributed by atoms with van der Waals surface area (Å²) >= 11 is 1.49. The monoisotopic (exact) mass is 332 g/mol. The minimum Gasteiger partial charge on any atom is -0.351 e.